The number of benzene rings is 2. The van der Waals surface area contributed by atoms with Crippen LogP contribution in [-0.4, -0.2) is 69.5 Å². The van der Waals surface area contributed by atoms with Gasteiger partial charge in [0.25, 0.3) is 5.91 Å². The first-order valence-electron chi connectivity index (χ1n) is 14.0. The molecule has 0 saturated heterocycles. The summed E-state index contributed by atoms with van der Waals surface area (Å²) in [5.41, 5.74) is 1.72. The molecule has 1 heterocycles. The highest BCUT2D eigenvalue weighted by molar-refractivity contribution is 7.89. The number of nitrogens with zero attached hydrogens (tertiary/aromatic N) is 1. The molecule has 1 aliphatic carbocycles. The molecular formula is C31H38N2O7S. The van der Waals surface area contributed by atoms with E-state index in [0.717, 1.165) is 36.8 Å². The van der Waals surface area contributed by atoms with E-state index in [1.54, 1.807) is 12.1 Å². The number of amides is 1. The molecule has 1 amide bonds. The standard InChI is InChI=1S/C31H38N2O7S/c1-3-23-9-11-24(12-10-23)25-21-29(31(35)32-26-7-5-4-6-8-26)40-30(22-25)39-20-18-33(17-19-34)41(36,37)28-15-13-27(38-2)14-16-28/h1,9-16,21,25-26,30,34H,4-8,17-20,22H2,2H3,(H,32,35)/t25-,30+/m1/s1. The molecule has 0 unspecified atom stereocenters. The Morgan fingerprint density at radius 2 is 1.80 bits per heavy atom. The second-order valence-electron chi connectivity index (χ2n) is 10.2. The van der Waals surface area contributed by atoms with Crippen LogP contribution in [0.15, 0.2) is 65.3 Å². The van der Waals surface area contributed by atoms with Crippen LogP contribution in [0, 0.1) is 12.3 Å². The summed E-state index contributed by atoms with van der Waals surface area (Å²) in [7, 11) is -2.38. The van der Waals surface area contributed by atoms with Gasteiger partial charge in [-0.2, -0.15) is 4.31 Å². The minimum Gasteiger partial charge on any atom is -0.497 e. The van der Waals surface area contributed by atoms with Crippen molar-refractivity contribution in [2.45, 2.75) is 61.7 Å². The molecule has 0 spiro atoms. The number of rotatable bonds is 12. The molecule has 4 rings (SSSR count). The van der Waals surface area contributed by atoms with E-state index in [4.69, 9.17) is 20.6 Å². The van der Waals surface area contributed by atoms with Crippen LogP contribution in [0.2, 0.25) is 0 Å². The summed E-state index contributed by atoms with van der Waals surface area (Å²) >= 11 is 0. The molecule has 220 valence electrons. The Hall–Kier alpha value is -3.36. The van der Waals surface area contributed by atoms with E-state index in [1.807, 2.05) is 30.3 Å². The number of terminal acetylenes is 1. The molecule has 2 aliphatic rings. The van der Waals surface area contributed by atoms with Crippen LogP contribution in [0.5, 0.6) is 5.75 Å². The van der Waals surface area contributed by atoms with Gasteiger partial charge in [-0.25, -0.2) is 8.42 Å². The number of carbonyl (C=O) groups is 1. The number of aliphatic hydroxyl groups is 1. The van der Waals surface area contributed by atoms with E-state index in [9.17, 15) is 18.3 Å². The number of nitrogens with one attached hydrogen (secondary N) is 1. The van der Waals surface area contributed by atoms with Crippen LogP contribution >= 0.6 is 0 Å². The predicted molar refractivity (Wildman–Crippen MR) is 154 cm³/mol. The molecule has 2 atom stereocenters. The summed E-state index contributed by atoms with van der Waals surface area (Å²) in [6, 6.07) is 13.7. The Labute approximate surface area is 242 Å². The van der Waals surface area contributed by atoms with Gasteiger partial charge in [0.15, 0.2) is 5.76 Å². The fourth-order valence-electron chi connectivity index (χ4n) is 5.13. The molecular weight excluding hydrogens is 544 g/mol. The Bertz CT molecular complexity index is 1330. The molecule has 2 aromatic carbocycles. The van der Waals surface area contributed by atoms with E-state index in [2.05, 4.69) is 11.2 Å². The zero-order chi connectivity index (χ0) is 29.2. The van der Waals surface area contributed by atoms with Gasteiger partial charge < -0.3 is 24.6 Å². The lowest BCUT2D eigenvalue weighted by Gasteiger charge is -2.31. The highest BCUT2D eigenvalue weighted by Crippen LogP contribution is 2.32. The second-order valence-corrected chi connectivity index (χ2v) is 12.1. The van der Waals surface area contributed by atoms with Crippen LogP contribution in [0.3, 0.4) is 0 Å². The number of methoxy groups -OCH3 is 1. The van der Waals surface area contributed by atoms with Crippen LogP contribution in [0.4, 0.5) is 0 Å². The lowest BCUT2D eigenvalue weighted by atomic mass is 9.92. The minimum absolute atomic E-state index is 0.000324. The van der Waals surface area contributed by atoms with Gasteiger partial charge in [-0.1, -0.05) is 37.3 Å². The summed E-state index contributed by atoms with van der Waals surface area (Å²) in [6.45, 7) is -0.453. The summed E-state index contributed by atoms with van der Waals surface area (Å²) < 4.78 is 44.8. The fraction of sp³-hybridized carbons (Fsp3) is 0.452. The van der Waals surface area contributed by atoms with E-state index in [0.29, 0.717) is 12.2 Å². The van der Waals surface area contributed by atoms with Gasteiger partial charge in [0, 0.05) is 37.0 Å². The van der Waals surface area contributed by atoms with Crippen LogP contribution in [0.1, 0.15) is 55.6 Å². The number of sulfonamides is 1. The van der Waals surface area contributed by atoms with Crippen LogP contribution in [-0.2, 0) is 24.3 Å². The SMILES string of the molecule is C#Cc1ccc([C@@H]2C=C(C(=O)NC3CCCCC3)O[C@H](OCCN(CCO)S(=O)(=O)c3ccc(OC)cc3)C2)cc1. The molecule has 2 aromatic rings. The van der Waals surface area contributed by atoms with Gasteiger partial charge in [0.1, 0.15) is 5.75 Å². The number of ether oxygens (including phenoxy) is 3. The summed E-state index contributed by atoms with van der Waals surface area (Å²) in [5, 5.41) is 12.6. The minimum atomic E-state index is -3.89. The van der Waals surface area contributed by atoms with Gasteiger partial charge in [-0.15, -0.1) is 6.42 Å². The largest absolute Gasteiger partial charge is 0.497 e. The zero-order valence-electron chi connectivity index (χ0n) is 23.3. The first-order valence-corrected chi connectivity index (χ1v) is 15.4. The second kappa shape index (κ2) is 14.5. The van der Waals surface area contributed by atoms with E-state index < -0.39 is 16.3 Å². The first kappa shape index (κ1) is 30.6. The Morgan fingerprint density at radius 3 is 2.44 bits per heavy atom. The van der Waals surface area contributed by atoms with Gasteiger partial charge in [0.2, 0.25) is 16.3 Å². The maximum absolute atomic E-state index is 13.2. The van der Waals surface area contributed by atoms with Gasteiger partial charge >= 0.3 is 0 Å². The number of allylic oxidation sites excluding steroid dienone is 1. The Morgan fingerprint density at radius 1 is 1.10 bits per heavy atom. The molecule has 1 saturated carbocycles. The summed E-state index contributed by atoms with van der Waals surface area (Å²) in [6.07, 6.45) is 12.2. The van der Waals surface area contributed by atoms with Crippen molar-refractivity contribution in [2.24, 2.45) is 0 Å². The maximum atomic E-state index is 13.2. The molecule has 0 radical (unpaired) electrons. The van der Waals surface area contributed by atoms with E-state index in [1.165, 1.54) is 30.0 Å². The monoisotopic (exact) mass is 582 g/mol. The van der Waals surface area contributed by atoms with Crippen molar-refractivity contribution in [1.82, 2.24) is 9.62 Å². The van der Waals surface area contributed by atoms with Crippen LogP contribution in [0.25, 0.3) is 0 Å². The molecule has 0 aromatic heterocycles. The lowest BCUT2D eigenvalue weighted by molar-refractivity contribution is -0.147. The molecule has 1 fully saturated rings. The summed E-state index contributed by atoms with van der Waals surface area (Å²) in [4.78, 5) is 13.3. The van der Waals surface area contributed by atoms with Crippen molar-refractivity contribution in [3.05, 3.63) is 71.5 Å². The predicted octanol–water partition coefficient (Wildman–Crippen LogP) is 3.54. The molecule has 1 aliphatic heterocycles. The van der Waals surface area contributed by atoms with E-state index >= 15 is 0 Å². The molecule has 10 heteroatoms. The molecule has 0 bridgehead atoms. The smallest absolute Gasteiger partial charge is 0.286 e. The van der Waals surface area contributed by atoms with Crippen molar-refractivity contribution in [3.63, 3.8) is 0 Å². The van der Waals surface area contributed by atoms with Gasteiger partial charge in [0.05, 0.1) is 25.2 Å². The fourth-order valence-corrected chi connectivity index (χ4v) is 6.54. The third-order valence-corrected chi connectivity index (χ3v) is 9.33. The number of aliphatic hydroxyl groups excluding tert-OH is 1. The third-order valence-electron chi connectivity index (χ3n) is 7.42. The number of hydrogen-bond acceptors (Lipinski definition) is 7. The Kier molecular flexibility index (Phi) is 10.8. The maximum Gasteiger partial charge on any atom is 0.286 e. The topological polar surface area (TPSA) is 114 Å². The van der Waals surface area contributed by atoms with Crippen molar-refractivity contribution in [3.8, 4) is 18.1 Å². The van der Waals surface area contributed by atoms with Crippen molar-refractivity contribution in [2.75, 3.05) is 33.4 Å². The van der Waals surface area contributed by atoms with E-state index in [-0.39, 0.29) is 54.8 Å². The lowest BCUT2D eigenvalue weighted by Crippen LogP contribution is -2.40. The van der Waals surface area contributed by atoms with Gasteiger partial charge in [-0.05, 0) is 60.9 Å². The summed E-state index contributed by atoms with van der Waals surface area (Å²) in [5.74, 6) is 2.90. The molecule has 9 nitrogen and oxygen atoms in total. The molecule has 2 N–H and O–H groups in total. The Balaban J connectivity index is 1.45. The van der Waals surface area contributed by atoms with Crippen LogP contribution < -0.4 is 10.1 Å². The average molecular weight is 583 g/mol. The quantitative estimate of drug-likeness (QED) is 0.368. The average Bonchev–Trinajstić information content (AvgIpc) is 3.01. The first-order chi connectivity index (χ1) is 19.8. The van der Waals surface area contributed by atoms with Crippen molar-refractivity contribution < 1.29 is 32.5 Å². The highest BCUT2D eigenvalue weighted by atomic mass is 32.2. The highest BCUT2D eigenvalue weighted by Gasteiger charge is 2.31. The zero-order valence-corrected chi connectivity index (χ0v) is 24.1. The third kappa shape index (κ3) is 8.11. The normalized spacial score (nSPS) is 19.6. The molecule has 41 heavy (non-hydrogen) atoms. The van der Waals surface area contributed by atoms with Gasteiger partial charge in [-0.3, -0.25) is 4.79 Å². The number of hydrogen-bond donors (Lipinski definition) is 2. The van der Waals surface area contributed by atoms with Crippen molar-refractivity contribution >= 4 is 15.9 Å². The number of carbonyl (C=O) groups excluding carboxylic acids is 1. The van der Waals surface area contributed by atoms with Crippen molar-refractivity contribution in [1.29, 1.82) is 0 Å².